The fraction of sp³-hybridized carbons (Fsp3) is 0.300. The van der Waals surface area contributed by atoms with Crippen molar-refractivity contribution in [2.24, 2.45) is 0 Å². The molecule has 0 atom stereocenters. The van der Waals surface area contributed by atoms with Gasteiger partial charge in [-0.25, -0.2) is 36.5 Å². The molecular weight excluding hydrogens is 745 g/mol. The maximum atomic E-state index is 15.7. The van der Waals surface area contributed by atoms with E-state index in [0.717, 1.165) is 16.4 Å². The fourth-order valence-corrected chi connectivity index (χ4v) is 8.00. The molecule has 0 unspecified atom stereocenters. The third kappa shape index (κ3) is 7.87. The Balaban J connectivity index is 1.19. The molecule has 290 valence electrons. The summed E-state index contributed by atoms with van der Waals surface area (Å²) < 4.78 is 70.8. The number of amides is 1. The predicted octanol–water partition coefficient (Wildman–Crippen LogP) is 6.80. The van der Waals surface area contributed by atoms with Crippen molar-refractivity contribution in [2.45, 2.75) is 63.0 Å². The first-order chi connectivity index (χ1) is 26.7. The second-order valence-electron chi connectivity index (χ2n) is 14.5. The highest BCUT2D eigenvalue weighted by Gasteiger charge is 2.30. The Morgan fingerprint density at radius 3 is 2.34 bits per heavy atom. The first-order valence-electron chi connectivity index (χ1n) is 17.9. The highest BCUT2D eigenvalue weighted by molar-refractivity contribution is 7.90. The van der Waals surface area contributed by atoms with Crippen molar-refractivity contribution < 1.29 is 36.3 Å². The van der Waals surface area contributed by atoms with Crippen LogP contribution in [-0.2, 0) is 27.6 Å². The quantitative estimate of drug-likeness (QED) is 0.107. The fourth-order valence-electron chi connectivity index (χ4n) is 6.65. The summed E-state index contributed by atoms with van der Waals surface area (Å²) in [5.74, 6) is -2.15. The van der Waals surface area contributed by atoms with Crippen LogP contribution >= 0.6 is 0 Å². The average Bonchev–Trinajstić information content (AvgIpc) is 3.83. The Kier molecular flexibility index (Phi) is 10.4. The maximum absolute atomic E-state index is 15.7. The van der Waals surface area contributed by atoms with E-state index in [9.17, 15) is 22.4 Å². The van der Waals surface area contributed by atoms with Crippen molar-refractivity contribution in [3.63, 3.8) is 0 Å². The molecule has 6 aromatic rings. The van der Waals surface area contributed by atoms with Crippen LogP contribution in [0.5, 0.6) is 5.88 Å². The maximum Gasteiger partial charge on any atom is 0.410 e. The van der Waals surface area contributed by atoms with Crippen LogP contribution in [-0.4, -0.2) is 79.7 Å². The number of likely N-dealkylation sites (tertiary alicyclic amines) is 1. The predicted molar refractivity (Wildman–Crippen MR) is 202 cm³/mol. The number of carbonyl (C=O) groups is 2. The lowest BCUT2D eigenvalue weighted by molar-refractivity contribution is 0.0184. The van der Waals surface area contributed by atoms with Gasteiger partial charge < -0.3 is 14.4 Å². The third-order valence-corrected chi connectivity index (χ3v) is 11.1. The number of benzene rings is 1. The van der Waals surface area contributed by atoms with E-state index < -0.39 is 33.2 Å². The van der Waals surface area contributed by atoms with Crippen LogP contribution in [0.1, 0.15) is 66.8 Å². The zero-order chi connectivity index (χ0) is 39.8. The molecule has 1 aliphatic heterocycles. The van der Waals surface area contributed by atoms with Crippen molar-refractivity contribution >= 4 is 32.9 Å². The Hall–Kier alpha value is -6.03. The minimum atomic E-state index is -4.23. The summed E-state index contributed by atoms with van der Waals surface area (Å²) in [7, 11) is -2.82. The summed E-state index contributed by atoms with van der Waals surface area (Å²) >= 11 is 0. The summed E-state index contributed by atoms with van der Waals surface area (Å²) in [6.07, 6.45) is 8.60. The third-order valence-electron chi connectivity index (χ3n) is 9.47. The van der Waals surface area contributed by atoms with Crippen molar-refractivity contribution in [3.8, 4) is 17.0 Å². The molecule has 7 rings (SSSR count). The number of halogens is 2. The molecule has 5 aromatic heterocycles. The van der Waals surface area contributed by atoms with Gasteiger partial charge in [-0.15, -0.1) is 0 Å². The van der Waals surface area contributed by atoms with Gasteiger partial charge in [0.05, 0.1) is 41.6 Å². The first-order valence-corrected chi connectivity index (χ1v) is 19.4. The van der Waals surface area contributed by atoms with Crippen LogP contribution < -0.4 is 4.74 Å². The topological polar surface area (TPSA) is 151 Å². The molecule has 0 spiro atoms. The second kappa shape index (κ2) is 15.2. The van der Waals surface area contributed by atoms with E-state index in [1.54, 1.807) is 35.4 Å². The number of ketones is 1. The molecule has 0 aliphatic carbocycles. The smallest absolute Gasteiger partial charge is 0.410 e. The molecule has 1 amide bonds. The highest BCUT2D eigenvalue weighted by Crippen LogP contribution is 2.32. The standard InChI is InChI=1S/C40H39F2N7O6S/c1-40(2,3)55-39(51)47-16-14-30(15-17-47)48-23-27(21-45-48)26-19-33-34(24-49(37(33)43-20-26)56(52,53)31-8-6-5-7-9-31)35(50)32-13-12-29(46-36(32)42)11-10-25-18-28(41)22-44-38(25)54-4/h5-9,12-13,18-24,30H,10-11,14-17H2,1-4H3. The molecule has 13 nitrogen and oxygen atoms in total. The minimum absolute atomic E-state index is 0.0133. The Bertz CT molecular complexity index is 2540. The number of ether oxygens (including phenoxy) is 2. The summed E-state index contributed by atoms with van der Waals surface area (Å²) in [4.78, 5) is 40.8. The molecule has 16 heteroatoms. The van der Waals surface area contributed by atoms with Gasteiger partial charge in [0.2, 0.25) is 11.8 Å². The van der Waals surface area contributed by atoms with Crippen LogP contribution in [0.3, 0.4) is 0 Å². The number of methoxy groups -OCH3 is 1. The van der Waals surface area contributed by atoms with E-state index in [4.69, 9.17) is 9.47 Å². The molecular formula is C40H39F2N7O6S. The Morgan fingerprint density at radius 1 is 0.893 bits per heavy atom. The lowest BCUT2D eigenvalue weighted by atomic mass is 10.0. The number of pyridine rings is 3. The average molecular weight is 784 g/mol. The zero-order valence-corrected chi connectivity index (χ0v) is 32.0. The highest BCUT2D eigenvalue weighted by atomic mass is 32.2. The molecule has 56 heavy (non-hydrogen) atoms. The van der Waals surface area contributed by atoms with Crippen LogP contribution in [0.15, 0.2) is 90.5 Å². The zero-order valence-electron chi connectivity index (χ0n) is 31.1. The number of nitrogens with zero attached hydrogens (tertiary/aromatic N) is 7. The van der Waals surface area contributed by atoms with Gasteiger partial charge >= 0.3 is 6.09 Å². The van der Waals surface area contributed by atoms with Gasteiger partial charge in [-0.3, -0.25) is 9.48 Å². The minimum Gasteiger partial charge on any atom is -0.481 e. The van der Waals surface area contributed by atoms with E-state index in [1.165, 1.54) is 43.6 Å². The Morgan fingerprint density at radius 2 is 1.64 bits per heavy atom. The van der Waals surface area contributed by atoms with Gasteiger partial charge in [-0.05, 0) is 82.9 Å². The van der Waals surface area contributed by atoms with Gasteiger partial charge in [0, 0.05) is 59.5 Å². The summed E-state index contributed by atoms with van der Waals surface area (Å²) in [5, 5.41) is 4.76. The van der Waals surface area contributed by atoms with Crippen LogP contribution in [0, 0.1) is 11.8 Å². The molecule has 6 heterocycles. The molecule has 1 aliphatic rings. The summed E-state index contributed by atoms with van der Waals surface area (Å²) in [5.41, 5.74) is 0.905. The van der Waals surface area contributed by atoms with Crippen LogP contribution in [0.25, 0.3) is 22.2 Å². The normalized spacial score (nSPS) is 13.9. The molecule has 0 N–H and O–H groups in total. The van der Waals surface area contributed by atoms with E-state index in [2.05, 4.69) is 20.1 Å². The second-order valence-corrected chi connectivity index (χ2v) is 16.3. The SMILES string of the molecule is COc1ncc(F)cc1CCc1ccc(C(=O)c2cn(S(=O)(=O)c3ccccc3)c3ncc(-c4cnn(C5CCN(C(=O)OC(C)(C)C)CC5)c4)cc23)c(F)n1. The molecule has 1 fully saturated rings. The van der Waals surface area contributed by atoms with E-state index >= 15 is 4.39 Å². The number of aryl methyl sites for hydroxylation is 2. The number of aromatic nitrogens is 6. The molecule has 1 aromatic carbocycles. The lowest BCUT2D eigenvalue weighted by Gasteiger charge is -2.33. The number of carbonyl (C=O) groups excluding carboxylic acids is 2. The van der Waals surface area contributed by atoms with Crippen molar-refractivity contribution in [2.75, 3.05) is 20.2 Å². The number of fused-ring (bicyclic) bond motifs is 1. The number of piperidine rings is 1. The molecule has 1 saturated heterocycles. The van der Waals surface area contributed by atoms with Gasteiger partial charge in [0.25, 0.3) is 10.0 Å². The van der Waals surface area contributed by atoms with E-state index in [1.807, 2.05) is 31.6 Å². The molecule has 0 saturated carbocycles. The van der Waals surface area contributed by atoms with Crippen molar-refractivity contribution in [1.82, 2.24) is 33.6 Å². The summed E-state index contributed by atoms with van der Waals surface area (Å²) in [6.45, 7) is 6.49. The number of hydrogen-bond donors (Lipinski definition) is 0. The van der Waals surface area contributed by atoms with E-state index in [0.29, 0.717) is 48.3 Å². The van der Waals surface area contributed by atoms with Gasteiger partial charge in [-0.1, -0.05) is 18.2 Å². The van der Waals surface area contributed by atoms with Crippen molar-refractivity contribution in [3.05, 3.63) is 120 Å². The first kappa shape index (κ1) is 38.3. The van der Waals surface area contributed by atoms with Crippen molar-refractivity contribution in [1.29, 1.82) is 0 Å². The van der Waals surface area contributed by atoms with Crippen LogP contribution in [0.4, 0.5) is 13.6 Å². The number of rotatable bonds is 10. The summed E-state index contributed by atoms with van der Waals surface area (Å²) in [6, 6.07) is 13.4. The van der Waals surface area contributed by atoms with Crippen LogP contribution in [0.2, 0.25) is 0 Å². The molecule has 0 bridgehead atoms. The monoisotopic (exact) mass is 783 g/mol. The van der Waals surface area contributed by atoms with E-state index in [-0.39, 0.29) is 57.9 Å². The van der Waals surface area contributed by atoms with Gasteiger partial charge in [-0.2, -0.15) is 9.49 Å². The van der Waals surface area contributed by atoms with Gasteiger partial charge in [0.1, 0.15) is 11.4 Å². The largest absolute Gasteiger partial charge is 0.481 e. The molecule has 0 radical (unpaired) electrons. The lowest BCUT2D eigenvalue weighted by Crippen LogP contribution is -2.42. The van der Waals surface area contributed by atoms with Gasteiger partial charge in [0.15, 0.2) is 11.4 Å². The Labute approximate surface area is 322 Å². The number of hydrogen-bond acceptors (Lipinski definition) is 10.